The van der Waals surface area contributed by atoms with E-state index in [-0.39, 0.29) is 5.91 Å². The maximum Gasteiger partial charge on any atom is 0.490 e. The van der Waals surface area contributed by atoms with Gasteiger partial charge in [0.1, 0.15) is 0 Å². The molecule has 31 heavy (non-hydrogen) atoms. The molecule has 2 aromatic heterocycles. The van der Waals surface area contributed by atoms with Gasteiger partial charge in [-0.25, -0.2) is 4.79 Å². The molecule has 8 nitrogen and oxygen atoms in total. The van der Waals surface area contributed by atoms with Crippen molar-refractivity contribution < 1.29 is 37.1 Å². The van der Waals surface area contributed by atoms with Gasteiger partial charge in [-0.3, -0.25) is 9.69 Å². The van der Waals surface area contributed by atoms with Gasteiger partial charge < -0.3 is 19.7 Å². The normalized spacial score (nSPS) is 14.5. The standard InChI is InChI=1S/C16H21N3O3S2.C2HF3O2/c20-16(17-3-4-19-5-7-21-8-6-19)12-23-11-13-10-14(22-18-13)15-2-1-9-24-15;3-2(4,5)1(6)7/h1-2,9-10H,3-8,11-12H2,(H,17,20);(H,6,7). The summed E-state index contributed by atoms with van der Waals surface area (Å²) in [5.74, 6) is -0.797. The van der Waals surface area contributed by atoms with Gasteiger partial charge in [-0.1, -0.05) is 11.2 Å². The summed E-state index contributed by atoms with van der Waals surface area (Å²) in [7, 11) is 0. The van der Waals surface area contributed by atoms with Gasteiger partial charge >= 0.3 is 12.1 Å². The molecule has 1 aliphatic rings. The van der Waals surface area contributed by atoms with Crippen LogP contribution in [0.2, 0.25) is 0 Å². The summed E-state index contributed by atoms with van der Waals surface area (Å²) in [4.78, 5) is 24.1. The van der Waals surface area contributed by atoms with Crippen LogP contribution in [0.4, 0.5) is 13.2 Å². The van der Waals surface area contributed by atoms with Crippen molar-refractivity contribution in [1.29, 1.82) is 0 Å². The molecular weight excluding hydrogens is 459 g/mol. The Morgan fingerprint density at radius 2 is 2.03 bits per heavy atom. The molecule has 172 valence electrons. The summed E-state index contributed by atoms with van der Waals surface area (Å²) < 4.78 is 42.4. The molecule has 1 saturated heterocycles. The number of hydrogen-bond acceptors (Lipinski definition) is 8. The number of carboxylic acids is 1. The fourth-order valence-electron chi connectivity index (χ4n) is 2.39. The lowest BCUT2D eigenvalue weighted by molar-refractivity contribution is -0.192. The molecule has 0 spiro atoms. The van der Waals surface area contributed by atoms with E-state index in [1.54, 1.807) is 23.1 Å². The Morgan fingerprint density at radius 1 is 1.32 bits per heavy atom. The zero-order valence-corrected chi connectivity index (χ0v) is 18.0. The van der Waals surface area contributed by atoms with E-state index in [2.05, 4.69) is 15.4 Å². The Labute approximate surface area is 184 Å². The molecule has 1 amide bonds. The number of nitrogens with one attached hydrogen (secondary N) is 1. The van der Waals surface area contributed by atoms with Crippen molar-refractivity contribution in [2.45, 2.75) is 11.9 Å². The number of hydrogen-bond donors (Lipinski definition) is 2. The van der Waals surface area contributed by atoms with Gasteiger partial charge in [0.05, 0.1) is 29.5 Å². The van der Waals surface area contributed by atoms with Gasteiger partial charge in [0, 0.05) is 38.0 Å². The van der Waals surface area contributed by atoms with Crippen LogP contribution in [0.3, 0.4) is 0 Å². The topological polar surface area (TPSA) is 105 Å². The summed E-state index contributed by atoms with van der Waals surface area (Å²) in [6, 6.07) is 5.93. The summed E-state index contributed by atoms with van der Waals surface area (Å²) in [5, 5.41) is 16.1. The van der Waals surface area contributed by atoms with Crippen LogP contribution in [0, 0.1) is 0 Å². The van der Waals surface area contributed by atoms with Crippen LogP contribution in [-0.2, 0) is 20.1 Å². The third kappa shape index (κ3) is 9.72. The number of aliphatic carboxylic acids is 1. The molecular formula is C18H22F3N3O5S2. The second-order valence-corrected chi connectivity index (χ2v) is 8.19. The van der Waals surface area contributed by atoms with E-state index in [4.69, 9.17) is 19.2 Å². The van der Waals surface area contributed by atoms with Gasteiger partial charge in [0.15, 0.2) is 5.76 Å². The van der Waals surface area contributed by atoms with Crippen molar-refractivity contribution in [2.24, 2.45) is 0 Å². The summed E-state index contributed by atoms with van der Waals surface area (Å²) in [6.07, 6.45) is -5.08. The lowest BCUT2D eigenvalue weighted by Gasteiger charge is -2.26. The zero-order chi connectivity index (χ0) is 22.7. The van der Waals surface area contributed by atoms with Gasteiger partial charge in [-0.15, -0.1) is 23.1 Å². The number of morpholine rings is 1. The average Bonchev–Trinajstić information content (AvgIpc) is 3.40. The Kier molecular flexibility index (Phi) is 10.3. The van der Waals surface area contributed by atoms with E-state index in [9.17, 15) is 18.0 Å². The number of amides is 1. The largest absolute Gasteiger partial charge is 0.490 e. The molecule has 0 bridgehead atoms. The van der Waals surface area contributed by atoms with Crippen LogP contribution in [0.1, 0.15) is 5.69 Å². The number of aromatic nitrogens is 1. The molecule has 0 saturated carbocycles. The van der Waals surface area contributed by atoms with Crippen molar-refractivity contribution in [3.8, 4) is 10.6 Å². The molecule has 1 fully saturated rings. The highest BCUT2D eigenvalue weighted by Gasteiger charge is 2.38. The summed E-state index contributed by atoms with van der Waals surface area (Å²) in [6.45, 7) is 5.04. The summed E-state index contributed by atoms with van der Waals surface area (Å²) >= 11 is 3.17. The first kappa shape index (κ1) is 25.2. The molecule has 0 atom stereocenters. The van der Waals surface area contributed by atoms with Crippen LogP contribution < -0.4 is 5.32 Å². The first-order valence-electron chi connectivity index (χ1n) is 9.20. The zero-order valence-electron chi connectivity index (χ0n) is 16.4. The van der Waals surface area contributed by atoms with E-state index in [0.717, 1.165) is 49.2 Å². The smallest absolute Gasteiger partial charge is 0.475 e. The molecule has 13 heteroatoms. The number of alkyl halides is 3. The molecule has 0 aromatic carbocycles. The monoisotopic (exact) mass is 481 g/mol. The van der Waals surface area contributed by atoms with Crippen LogP contribution in [-0.4, -0.2) is 78.4 Å². The van der Waals surface area contributed by atoms with Crippen LogP contribution in [0.5, 0.6) is 0 Å². The van der Waals surface area contributed by atoms with Crippen LogP contribution >= 0.6 is 23.1 Å². The van der Waals surface area contributed by atoms with E-state index >= 15 is 0 Å². The van der Waals surface area contributed by atoms with Gasteiger partial charge in [-0.05, 0) is 11.4 Å². The first-order chi connectivity index (χ1) is 14.8. The minimum absolute atomic E-state index is 0.0650. The number of thioether (sulfide) groups is 1. The third-order valence-electron chi connectivity index (χ3n) is 3.90. The highest BCUT2D eigenvalue weighted by Crippen LogP contribution is 2.26. The Hall–Kier alpha value is -2.09. The van der Waals surface area contributed by atoms with Crippen molar-refractivity contribution in [3.05, 3.63) is 29.3 Å². The number of carboxylic acid groups (broad SMARTS) is 1. The Bertz CT molecular complexity index is 809. The van der Waals surface area contributed by atoms with E-state index < -0.39 is 12.1 Å². The first-order valence-corrected chi connectivity index (χ1v) is 11.2. The highest BCUT2D eigenvalue weighted by atomic mass is 32.2. The van der Waals surface area contributed by atoms with Gasteiger partial charge in [0.2, 0.25) is 5.91 Å². The fraction of sp³-hybridized carbons (Fsp3) is 0.500. The quantitative estimate of drug-likeness (QED) is 0.593. The highest BCUT2D eigenvalue weighted by molar-refractivity contribution is 7.99. The molecule has 0 radical (unpaired) electrons. The van der Waals surface area contributed by atoms with E-state index in [0.29, 0.717) is 18.1 Å². The predicted octanol–water partition coefficient (Wildman–Crippen LogP) is 2.72. The number of rotatable bonds is 8. The second-order valence-electron chi connectivity index (χ2n) is 6.26. The second kappa shape index (κ2) is 12.7. The summed E-state index contributed by atoms with van der Waals surface area (Å²) in [5.41, 5.74) is 0.865. The fourth-order valence-corrected chi connectivity index (χ4v) is 3.80. The molecule has 2 aromatic rings. The van der Waals surface area contributed by atoms with Crippen molar-refractivity contribution >= 4 is 35.0 Å². The van der Waals surface area contributed by atoms with Crippen molar-refractivity contribution in [2.75, 3.05) is 45.1 Å². The van der Waals surface area contributed by atoms with Crippen LogP contribution in [0.15, 0.2) is 28.1 Å². The van der Waals surface area contributed by atoms with E-state index in [1.165, 1.54) is 0 Å². The van der Waals surface area contributed by atoms with Crippen molar-refractivity contribution in [3.63, 3.8) is 0 Å². The molecule has 3 heterocycles. The lowest BCUT2D eigenvalue weighted by atomic mass is 10.3. The maximum atomic E-state index is 11.8. The number of carbonyl (C=O) groups is 2. The molecule has 1 aliphatic heterocycles. The third-order valence-corrected chi connectivity index (χ3v) is 5.75. The Morgan fingerprint density at radius 3 is 2.65 bits per heavy atom. The molecule has 0 unspecified atom stereocenters. The van der Waals surface area contributed by atoms with Crippen LogP contribution in [0.25, 0.3) is 10.6 Å². The molecule has 3 rings (SSSR count). The number of halogens is 3. The predicted molar refractivity (Wildman–Crippen MR) is 110 cm³/mol. The minimum Gasteiger partial charge on any atom is -0.475 e. The SMILES string of the molecule is O=C(CSCc1cc(-c2cccs2)on1)NCCN1CCOCC1.O=C(O)C(F)(F)F. The average molecular weight is 482 g/mol. The molecule has 2 N–H and O–H groups in total. The lowest BCUT2D eigenvalue weighted by Crippen LogP contribution is -2.41. The van der Waals surface area contributed by atoms with Crippen molar-refractivity contribution in [1.82, 2.24) is 15.4 Å². The van der Waals surface area contributed by atoms with Gasteiger partial charge in [0.25, 0.3) is 0 Å². The minimum atomic E-state index is -5.08. The number of ether oxygens (including phenoxy) is 1. The number of carbonyl (C=O) groups excluding carboxylic acids is 1. The number of nitrogens with zero attached hydrogens (tertiary/aromatic N) is 2. The van der Waals surface area contributed by atoms with E-state index in [1.807, 2.05) is 23.6 Å². The maximum absolute atomic E-state index is 11.8. The van der Waals surface area contributed by atoms with Gasteiger partial charge in [-0.2, -0.15) is 13.2 Å². The Balaban J connectivity index is 0.000000423. The molecule has 0 aliphatic carbocycles. The number of thiophene rings is 1.